The minimum absolute atomic E-state index is 0.313. The van der Waals surface area contributed by atoms with Gasteiger partial charge in [-0.25, -0.2) is 4.79 Å². The summed E-state index contributed by atoms with van der Waals surface area (Å²) in [5.74, 6) is 0. The molecule has 1 aliphatic heterocycles. The number of halogens is 1. The van der Waals surface area contributed by atoms with Crippen LogP contribution in [-0.4, -0.2) is 39.9 Å². The van der Waals surface area contributed by atoms with Gasteiger partial charge in [0.15, 0.2) is 5.15 Å². The van der Waals surface area contributed by atoms with Gasteiger partial charge in [-0.15, -0.1) is 5.10 Å². The predicted molar refractivity (Wildman–Crippen MR) is 72.8 cm³/mol. The topological polar surface area (TPSA) is 55.3 Å². The molecule has 0 aromatic carbocycles. The van der Waals surface area contributed by atoms with Crippen molar-refractivity contribution in [3.63, 3.8) is 0 Å². The minimum Gasteiger partial charge on any atom is -0.444 e. The summed E-state index contributed by atoms with van der Waals surface area (Å²) < 4.78 is 5.33. The summed E-state index contributed by atoms with van der Waals surface area (Å²) in [6.45, 7) is 6.58. The summed E-state index contributed by atoms with van der Waals surface area (Å²) in [5.41, 5.74) is 1.40. The number of carbonyl (C=O) groups excluding carboxylic acids is 1. The fourth-order valence-electron chi connectivity index (χ4n) is 1.75. The quantitative estimate of drug-likeness (QED) is 0.794. The lowest BCUT2D eigenvalue weighted by Crippen LogP contribution is -2.35. The summed E-state index contributed by atoms with van der Waals surface area (Å²) >= 11 is 5.80. The Hall–Kier alpha value is -1.62. The van der Waals surface area contributed by atoms with Crippen LogP contribution in [-0.2, 0) is 4.74 Å². The van der Waals surface area contributed by atoms with E-state index in [0.717, 1.165) is 11.1 Å². The summed E-state index contributed by atoms with van der Waals surface area (Å²) in [6, 6.07) is 1.74. The Morgan fingerprint density at radius 1 is 1.47 bits per heavy atom. The van der Waals surface area contributed by atoms with E-state index in [4.69, 9.17) is 16.3 Å². The Morgan fingerprint density at radius 2 is 2.21 bits per heavy atom. The van der Waals surface area contributed by atoms with Gasteiger partial charge in [0.2, 0.25) is 0 Å². The zero-order valence-electron chi connectivity index (χ0n) is 11.2. The molecule has 1 amide bonds. The first-order chi connectivity index (χ1) is 8.85. The molecule has 0 radical (unpaired) electrons. The van der Waals surface area contributed by atoms with E-state index in [1.54, 1.807) is 17.2 Å². The maximum Gasteiger partial charge on any atom is 0.410 e. The molecule has 2 heterocycles. The van der Waals surface area contributed by atoms with E-state index in [2.05, 4.69) is 10.2 Å². The molecular formula is C13H16ClN3O2. The van der Waals surface area contributed by atoms with Gasteiger partial charge in [-0.3, -0.25) is 0 Å². The first kappa shape index (κ1) is 13.8. The Bertz CT molecular complexity index is 523. The molecule has 2 rings (SSSR count). The van der Waals surface area contributed by atoms with E-state index in [9.17, 15) is 4.79 Å². The normalized spacial score (nSPS) is 15.4. The molecule has 0 saturated carbocycles. The second-order valence-corrected chi connectivity index (χ2v) is 5.74. The van der Waals surface area contributed by atoms with Crippen LogP contribution < -0.4 is 0 Å². The molecule has 102 valence electrons. The van der Waals surface area contributed by atoms with Crippen molar-refractivity contribution >= 4 is 23.3 Å². The molecule has 0 unspecified atom stereocenters. The van der Waals surface area contributed by atoms with Crippen LogP contribution in [0.4, 0.5) is 4.79 Å². The van der Waals surface area contributed by atoms with Crippen LogP contribution in [0.25, 0.3) is 5.57 Å². The van der Waals surface area contributed by atoms with Gasteiger partial charge >= 0.3 is 6.09 Å². The largest absolute Gasteiger partial charge is 0.444 e. The smallest absolute Gasteiger partial charge is 0.410 e. The lowest BCUT2D eigenvalue weighted by molar-refractivity contribution is 0.0306. The highest BCUT2D eigenvalue weighted by molar-refractivity contribution is 6.29. The summed E-state index contributed by atoms with van der Waals surface area (Å²) in [6.07, 6.45) is 3.29. The van der Waals surface area contributed by atoms with E-state index < -0.39 is 5.60 Å². The maximum atomic E-state index is 11.9. The predicted octanol–water partition coefficient (Wildman–Crippen LogP) is 2.76. The summed E-state index contributed by atoms with van der Waals surface area (Å²) in [5, 5.41) is 7.84. The van der Waals surface area contributed by atoms with Crippen molar-refractivity contribution in [3.05, 3.63) is 29.1 Å². The zero-order chi connectivity index (χ0) is 14.0. The van der Waals surface area contributed by atoms with Crippen LogP contribution in [0.1, 0.15) is 26.3 Å². The van der Waals surface area contributed by atoms with Gasteiger partial charge in [0, 0.05) is 18.7 Å². The maximum absolute atomic E-state index is 11.9. The number of hydrogen-bond donors (Lipinski definition) is 0. The van der Waals surface area contributed by atoms with Crippen LogP contribution >= 0.6 is 11.6 Å². The molecule has 0 fully saturated rings. The van der Waals surface area contributed by atoms with Crippen molar-refractivity contribution in [1.29, 1.82) is 0 Å². The number of hydrogen-bond acceptors (Lipinski definition) is 4. The van der Waals surface area contributed by atoms with Crippen LogP contribution in [0.3, 0.4) is 0 Å². The van der Waals surface area contributed by atoms with Gasteiger partial charge in [0.1, 0.15) is 5.60 Å². The molecule has 5 nitrogen and oxygen atoms in total. The first-order valence-electron chi connectivity index (χ1n) is 6.01. The average Bonchev–Trinajstić information content (AvgIpc) is 2.75. The Kier molecular flexibility index (Phi) is 3.75. The number of nitrogens with zero attached hydrogens (tertiary/aromatic N) is 3. The van der Waals surface area contributed by atoms with Crippen molar-refractivity contribution in [1.82, 2.24) is 15.1 Å². The molecule has 0 aliphatic carbocycles. The van der Waals surface area contributed by atoms with Crippen molar-refractivity contribution in [2.45, 2.75) is 26.4 Å². The molecule has 1 aliphatic rings. The van der Waals surface area contributed by atoms with E-state index in [-0.39, 0.29) is 6.09 Å². The van der Waals surface area contributed by atoms with Crippen molar-refractivity contribution in [2.75, 3.05) is 13.1 Å². The van der Waals surface area contributed by atoms with Crippen molar-refractivity contribution in [3.8, 4) is 0 Å². The van der Waals surface area contributed by atoms with Gasteiger partial charge in [-0.1, -0.05) is 17.7 Å². The van der Waals surface area contributed by atoms with E-state index in [1.165, 1.54) is 0 Å². The van der Waals surface area contributed by atoms with Crippen molar-refractivity contribution < 1.29 is 9.53 Å². The van der Waals surface area contributed by atoms with Crippen LogP contribution in [0.5, 0.6) is 0 Å². The summed E-state index contributed by atoms with van der Waals surface area (Å²) in [4.78, 5) is 13.6. The molecule has 19 heavy (non-hydrogen) atoms. The van der Waals surface area contributed by atoms with Crippen LogP contribution in [0.15, 0.2) is 18.3 Å². The van der Waals surface area contributed by atoms with Gasteiger partial charge < -0.3 is 9.64 Å². The SMILES string of the molecule is CC(C)(C)OC(=O)N1CC=C(c2cnnc(Cl)c2)C1. The highest BCUT2D eigenvalue weighted by atomic mass is 35.5. The molecule has 1 aromatic heterocycles. The molecule has 1 aromatic rings. The second-order valence-electron chi connectivity index (χ2n) is 5.36. The van der Waals surface area contributed by atoms with Gasteiger partial charge in [-0.2, -0.15) is 5.10 Å². The van der Waals surface area contributed by atoms with E-state index in [0.29, 0.717) is 18.2 Å². The Labute approximate surface area is 117 Å². The zero-order valence-corrected chi connectivity index (χ0v) is 11.9. The number of carbonyl (C=O) groups is 1. The third-order valence-electron chi connectivity index (χ3n) is 2.57. The fraction of sp³-hybridized carbons (Fsp3) is 0.462. The van der Waals surface area contributed by atoms with Crippen molar-refractivity contribution in [2.24, 2.45) is 0 Å². The monoisotopic (exact) mass is 281 g/mol. The third kappa shape index (κ3) is 3.67. The second kappa shape index (κ2) is 5.17. The lowest BCUT2D eigenvalue weighted by atomic mass is 10.1. The molecule has 0 atom stereocenters. The molecule has 0 saturated heterocycles. The summed E-state index contributed by atoms with van der Waals surface area (Å²) in [7, 11) is 0. The number of amides is 1. The van der Waals surface area contributed by atoms with Crippen LogP contribution in [0.2, 0.25) is 5.15 Å². The number of rotatable bonds is 1. The lowest BCUT2D eigenvalue weighted by Gasteiger charge is -2.24. The fourth-order valence-corrected chi connectivity index (χ4v) is 1.91. The Balaban J connectivity index is 2.01. The van der Waals surface area contributed by atoms with E-state index >= 15 is 0 Å². The molecular weight excluding hydrogens is 266 g/mol. The van der Waals surface area contributed by atoms with Crippen LogP contribution in [0, 0.1) is 0 Å². The third-order valence-corrected chi connectivity index (χ3v) is 2.75. The minimum atomic E-state index is -0.485. The average molecular weight is 282 g/mol. The number of ether oxygens (including phenoxy) is 1. The van der Waals surface area contributed by atoms with E-state index in [1.807, 2.05) is 26.8 Å². The molecule has 0 bridgehead atoms. The molecule has 6 heteroatoms. The van der Waals surface area contributed by atoms with Gasteiger partial charge in [0.25, 0.3) is 0 Å². The van der Waals surface area contributed by atoms with Gasteiger partial charge in [0.05, 0.1) is 6.20 Å². The highest BCUT2D eigenvalue weighted by Gasteiger charge is 2.25. The molecule has 0 spiro atoms. The number of aromatic nitrogens is 2. The highest BCUT2D eigenvalue weighted by Crippen LogP contribution is 2.23. The Morgan fingerprint density at radius 3 is 2.84 bits per heavy atom. The first-order valence-corrected chi connectivity index (χ1v) is 6.38. The van der Waals surface area contributed by atoms with Gasteiger partial charge in [-0.05, 0) is 32.4 Å². The standard InChI is InChI=1S/C13H16ClN3O2/c1-13(2,3)19-12(18)17-5-4-9(8-17)10-6-11(14)16-15-7-10/h4,6-7H,5,8H2,1-3H3. The molecule has 0 N–H and O–H groups in total.